The van der Waals surface area contributed by atoms with Crippen molar-refractivity contribution < 1.29 is 14.2 Å². The van der Waals surface area contributed by atoms with E-state index in [-0.39, 0.29) is 6.29 Å². The summed E-state index contributed by atoms with van der Waals surface area (Å²) >= 11 is 0. The Labute approximate surface area is 203 Å². The molecule has 0 amide bonds. The summed E-state index contributed by atoms with van der Waals surface area (Å²) in [5, 5.41) is 4.59. The first-order chi connectivity index (χ1) is 16.6. The fourth-order valence-electron chi connectivity index (χ4n) is 4.70. The van der Waals surface area contributed by atoms with Crippen molar-refractivity contribution >= 4 is 21.5 Å². The van der Waals surface area contributed by atoms with Gasteiger partial charge in [-0.25, -0.2) is 0 Å². The molecule has 3 nitrogen and oxygen atoms in total. The maximum Gasteiger partial charge on any atom is 0.197 e. The predicted octanol–water partition coefficient (Wildman–Crippen LogP) is 8.35. The quantitative estimate of drug-likeness (QED) is 0.129. The molecule has 0 saturated heterocycles. The lowest BCUT2D eigenvalue weighted by Crippen LogP contribution is -2.20. The molecular weight excluding hydrogens is 420 g/mol. The van der Waals surface area contributed by atoms with Gasteiger partial charge in [0.25, 0.3) is 0 Å². The minimum atomic E-state index is -0.352. The molecule has 3 heteroatoms. The zero-order chi connectivity index (χ0) is 23.9. The third-order valence-electron chi connectivity index (χ3n) is 6.42. The Morgan fingerprint density at radius 2 is 1.35 bits per heavy atom. The highest BCUT2D eigenvalue weighted by molar-refractivity contribution is 6.05. The number of rotatable bonds is 11. The second-order valence-corrected chi connectivity index (χ2v) is 9.26. The van der Waals surface area contributed by atoms with Gasteiger partial charge in [0.2, 0.25) is 0 Å². The van der Waals surface area contributed by atoms with E-state index in [1.54, 1.807) is 0 Å². The molecule has 178 valence electrons. The summed E-state index contributed by atoms with van der Waals surface area (Å²) in [5.41, 5.74) is 1.38. The molecule has 4 aromatic rings. The average molecular weight is 457 g/mol. The van der Waals surface area contributed by atoms with Gasteiger partial charge in [0.05, 0.1) is 6.61 Å². The fourth-order valence-corrected chi connectivity index (χ4v) is 4.70. The van der Waals surface area contributed by atoms with Crippen LogP contribution in [0.2, 0.25) is 0 Å². The van der Waals surface area contributed by atoms with E-state index in [0.29, 0.717) is 25.0 Å². The van der Waals surface area contributed by atoms with E-state index < -0.39 is 0 Å². The van der Waals surface area contributed by atoms with E-state index in [0.717, 1.165) is 22.3 Å². The fraction of sp³-hybridized carbons (Fsp3) is 0.355. The lowest BCUT2D eigenvalue weighted by Gasteiger charge is -2.21. The van der Waals surface area contributed by atoms with Crippen molar-refractivity contribution in [1.82, 2.24) is 0 Å². The molecule has 0 aliphatic heterocycles. The van der Waals surface area contributed by atoms with Gasteiger partial charge >= 0.3 is 0 Å². The zero-order valence-electron chi connectivity index (χ0n) is 20.8. The summed E-state index contributed by atoms with van der Waals surface area (Å²) in [7, 11) is 0. The van der Waals surface area contributed by atoms with Gasteiger partial charge in [-0.05, 0) is 59.7 Å². The van der Waals surface area contributed by atoms with Crippen molar-refractivity contribution in [2.45, 2.75) is 52.7 Å². The molecular formula is C31H36O3. The molecule has 0 aliphatic carbocycles. The van der Waals surface area contributed by atoms with Crippen molar-refractivity contribution in [1.29, 1.82) is 0 Å². The van der Waals surface area contributed by atoms with Crippen molar-refractivity contribution in [2.75, 3.05) is 13.2 Å². The number of ether oxygens (including phenoxy) is 3. The van der Waals surface area contributed by atoms with Crippen LogP contribution in [-0.4, -0.2) is 19.5 Å². The minimum Gasteiger partial charge on any atom is -0.490 e. The van der Waals surface area contributed by atoms with Gasteiger partial charge in [-0.15, -0.1) is 0 Å². The third-order valence-corrected chi connectivity index (χ3v) is 6.42. The summed E-state index contributed by atoms with van der Waals surface area (Å²) in [5.74, 6) is 2.97. The first-order valence-corrected chi connectivity index (χ1v) is 12.5. The monoisotopic (exact) mass is 456 g/mol. The smallest absolute Gasteiger partial charge is 0.197 e. The summed E-state index contributed by atoms with van der Waals surface area (Å²) in [6, 6.07) is 27.4. The van der Waals surface area contributed by atoms with Crippen LogP contribution in [0.1, 0.15) is 52.0 Å². The maximum atomic E-state index is 6.24. The van der Waals surface area contributed by atoms with E-state index in [1.165, 1.54) is 29.2 Å². The van der Waals surface area contributed by atoms with Crippen LogP contribution >= 0.6 is 0 Å². The van der Waals surface area contributed by atoms with Crippen molar-refractivity contribution in [2.24, 2.45) is 5.92 Å². The van der Waals surface area contributed by atoms with Gasteiger partial charge in [-0.1, -0.05) is 87.9 Å². The molecule has 2 atom stereocenters. The summed E-state index contributed by atoms with van der Waals surface area (Å²) < 4.78 is 18.1. The lowest BCUT2D eigenvalue weighted by molar-refractivity contribution is -0.0737. The molecule has 0 spiro atoms. The van der Waals surface area contributed by atoms with E-state index in [9.17, 15) is 0 Å². The first kappa shape index (κ1) is 24.1. The van der Waals surface area contributed by atoms with Crippen LogP contribution in [0.25, 0.3) is 21.5 Å². The van der Waals surface area contributed by atoms with Gasteiger partial charge in [0.15, 0.2) is 6.29 Å². The number of hydrogen-bond acceptors (Lipinski definition) is 3. The topological polar surface area (TPSA) is 27.7 Å². The predicted molar refractivity (Wildman–Crippen MR) is 142 cm³/mol. The van der Waals surface area contributed by atoms with Crippen LogP contribution in [0.3, 0.4) is 0 Å². The average Bonchev–Trinajstić information content (AvgIpc) is 2.85. The molecule has 0 aromatic heterocycles. The van der Waals surface area contributed by atoms with Gasteiger partial charge in [-0.2, -0.15) is 0 Å². The van der Waals surface area contributed by atoms with Crippen LogP contribution in [0.5, 0.6) is 11.5 Å². The molecule has 2 unspecified atom stereocenters. The van der Waals surface area contributed by atoms with Crippen LogP contribution in [-0.2, 0) is 4.74 Å². The van der Waals surface area contributed by atoms with Crippen molar-refractivity contribution in [3.8, 4) is 11.5 Å². The Balaban J connectivity index is 1.33. The van der Waals surface area contributed by atoms with E-state index in [4.69, 9.17) is 14.2 Å². The van der Waals surface area contributed by atoms with Crippen molar-refractivity contribution in [3.05, 3.63) is 84.4 Å². The Bertz CT molecular complexity index is 1140. The number of hydrogen-bond donors (Lipinski definition) is 0. The standard InChI is InChI=1S/C31H36O3/c1-5-10-28(22(2)3)24-15-17-27(18-16-24)34-23(4)32-19-20-33-31-29-13-8-6-11-25(29)21-26-12-7-9-14-30(26)31/h6-9,11-18,21-23,28H,5,10,19-20H2,1-4H3. The molecule has 0 bridgehead atoms. The third kappa shape index (κ3) is 5.71. The normalized spacial score (nSPS) is 13.3. The molecule has 0 N–H and O–H groups in total. The molecule has 0 radical (unpaired) electrons. The SMILES string of the molecule is CCCC(c1ccc(OC(C)OCCOc2c3ccccc3cc3ccccc23)cc1)C(C)C. The van der Waals surface area contributed by atoms with Gasteiger partial charge in [-0.3, -0.25) is 0 Å². The molecule has 4 aromatic carbocycles. The van der Waals surface area contributed by atoms with Gasteiger partial charge in [0.1, 0.15) is 18.1 Å². The van der Waals surface area contributed by atoms with Gasteiger partial charge in [0, 0.05) is 10.8 Å². The highest BCUT2D eigenvalue weighted by Crippen LogP contribution is 2.35. The summed E-state index contributed by atoms with van der Waals surface area (Å²) in [6.45, 7) is 9.67. The molecule has 0 saturated carbocycles. The molecule has 0 aliphatic rings. The van der Waals surface area contributed by atoms with Crippen LogP contribution in [0.4, 0.5) is 0 Å². The summed E-state index contributed by atoms with van der Waals surface area (Å²) in [4.78, 5) is 0. The maximum absolute atomic E-state index is 6.24. The largest absolute Gasteiger partial charge is 0.490 e. The number of benzene rings is 4. The molecule has 34 heavy (non-hydrogen) atoms. The Hall–Kier alpha value is -3.04. The van der Waals surface area contributed by atoms with Crippen molar-refractivity contribution in [3.63, 3.8) is 0 Å². The summed E-state index contributed by atoms with van der Waals surface area (Å²) in [6.07, 6.45) is 2.06. The number of fused-ring (bicyclic) bond motifs is 2. The first-order valence-electron chi connectivity index (χ1n) is 12.5. The van der Waals surface area contributed by atoms with E-state index in [1.807, 2.05) is 19.1 Å². The Kier molecular flexibility index (Phi) is 8.08. The lowest BCUT2D eigenvalue weighted by atomic mass is 9.85. The molecule has 4 rings (SSSR count). The molecule has 0 heterocycles. The van der Waals surface area contributed by atoms with Crippen LogP contribution < -0.4 is 9.47 Å². The van der Waals surface area contributed by atoms with Crippen LogP contribution in [0.15, 0.2) is 78.9 Å². The Morgan fingerprint density at radius 1 is 0.735 bits per heavy atom. The second kappa shape index (κ2) is 11.4. The minimum absolute atomic E-state index is 0.352. The second-order valence-electron chi connectivity index (χ2n) is 9.26. The highest BCUT2D eigenvalue weighted by atomic mass is 16.7. The zero-order valence-corrected chi connectivity index (χ0v) is 20.8. The van der Waals surface area contributed by atoms with E-state index in [2.05, 4.69) is 87.5 Å². The van der Waals surface area contributed by atoms with Crippen LogP contribution in [0, 0.1) is 5.92 Å². The molecule has 0 fully saturated rings. The highest BCUT2D eigenvalue weighted by Gasteiger charge is 2.15. The van der Waals surface area contributed by atoms with Gasteiger partial charge < -0.3 is 14.2 Å². The van der Waals surface area contributed by atoms with E-state index >= 15 is 0 Å². The Morgan fingerprint density at radius 3 is 1.94 bits per heavy atom.